The predicted octanol–water partition coefficient (Wildman–Crippen LogP) is 1.13. The molecule has 0 atom stereocenters. The second-order valence-corrected chi connectivity index (χ2v) is 8.44. The van der Waals surface area contributed by atoms with Gasteiger partial charge in [-0.3, -0.25) is 14.9 Å². The highest BCUT2D eigenvalue weighted by Gasteiger charge is 2.34. The van der Waals surface area contributed by atoms with Gasteiger partial charge in [0.15, 0.2) is 6.61 Å². The number of hydrogen-bond acceptors (Lipinski definition) is 6. The number of amides is 3. The van der Waals surface area contributed by atoms with Crippen molar-refractivity contribution >= 4 is 51.1 Å². The van der Waals surface area contributed by atoms with Crippen LogP contribution in [0.3, 0.4) is 0 Å². The summed E-state index contributed by atoms with van der Waals surface area (Å²) in [7, 11) is -3.85. The molecule has 27 heavy (non-hydrogen) atoms. The molecule has 0 unspecified atom stereocenters. The number of nitrogens with zero attached hydrogens (tertiary/aromatic N) is 1. The van der Waals surface area contributed by atoms with Crippen molar-refractivity contribution in [2.24, 2.45) is 11.7 Å². The summed E-state index contributed by atoms with van der Waals surface area (Å²) in [5.41, 5.74) is 4.78. The zero-order valence-electron chi connectivity index (χ0n) is 14.0. The van der Waals surface area contributed by atoms with E-state index in [2.05, 4.69) is 0 Å². The molecule has 1 fully saturated rings. The second-order valence-electron chi connectivity index (χ2n) is 5.75. The molecule has 3 N–H and O–H groups in total. The normalized spacial score (nSPS) is 15.9. The lowest BCUT2D eigenvalue weighted by Crippen LogP contribution is -2.42. The van der Waals surface area contributed by atoms with Crippen LogP contribution < -0.4 is 11.1 Å². The molecule has 0 aliphatic carbocycles. The fraction of sp³-hybridized carbons (Fsp3) is 0.400. The highest BCUT2D eigenvalue weighted by atomic mass is 35.5. The molecule has 0 aromatic heterocycles. The van der Waals surface area contributed by atoms with Gasteiger partial charge in [-0.05, 0) is 25.0 Å². The Kier molecular flexibility index (Phi) is 7.04. The van der Waals surface area contributed by atoms with Crippen LogP contribution in [0.2, 0.25) is 10.0 Å². The minimum absolute atomic E-state index is 0.0545. The molecule has 3 amide bonds. The fourth-order valence-corrected chi connectivity index (χ4v) is 4.79. The third-order valence-electron chi connectivity index (χ3n) is 3.93. The second kappa shape index (κ2) is 8.87. The summed E-state index contributed by atoms with van der Waals surface area (Å²) in [5, 5.41) is 1.84. The van der Waals surface area contributed by atoms with Crippen LogP contribution in [0.15, 0.2) is 23.1 Å². The van der Waals surface area contributed by atoms with Gasteiger partial charge in [-0.25, -0.2) is 13.2 Å². The number of urea groups is 1. The van der Waals surface area contributed by atoms with E-state index in [0.29, 0.717) is 0 Å². The first-order chi connectivity index (χ1) is 12.6. The number of imide groups is 1. The number of piperidine rings is 1. The van der Waals surface area contributed by atoms with Gasteiger partial charge in [0.25, 0.3) is 5.91 Å². The highest BCUT2D eigenvalue weighted by Crippen LogP contribution is 2.32. The Labute approximate surface area is 165 Å². The van der Waals surface area contributed by atoms with Crippen LogP contribution in [-0.2, 0) is 24.3 Å². The molecular formula is C15H17Cl2N3O6S. The van der Waals surface area contributed by atoms with E-state index in [-0.39, 0.29) is 40.9 Å². The summed E-state index contributed by atoms with van der Waals surface area (Å²) < 4.78 is 31.5. The lowest BCUT2D eigenvalue weighted by Gasteiger charge is -2.30. The maximum absolute atomic E-state index is 12.7. The summed E-state index contributed by atoms with van der Waals surface area (Å²) in [5.74, 6) is -2.05. The van der Waals surface area contributed by atoms with Crippen molar-refractivity contribution in [1.82, 2.24) is 9.62 Å². The van der Waals surface area contributed by atoms with Crippen LogP contribution in [-0.4, -0.2) is 50.3 Å². The minimum Gasteiger partial charge on any atom is -0.455 e. The van der Waals surface area contributed by atoms with E-state index in [1.54, 1.807) is 5.32 Å². The molecule has 12 heteroatoms. The molecule has 1 aromatic carbocycles. The largest absolute Gasteiger partial charge is 0.455 e. The van der Waals surface area contributed by atoms with E-state index in [1.807, 2.05) is 0 Å². The number of rotatable bonds is 5. The van der Waals surface area contributed by atoms with Crippen molar-refractivity contribution in [2.75, 3.05) is 19.7 Å². The smallest absolute Gasteiger partial charge is 0.318 e. The van der Waals surface area contributed by atoms with E-state index in [0.717, 1.165) is 0 Å². The molecule has 0 radical (unpaired) electrons. The van der Waals surface area contributed by atoms with Gasteiger partial charge in [-0.15, -0.1) is 0 Å². The minimum atomic E-state index is -3.85. The number of hydrogen-bond donors (Lipinski definition) is 2. The number of nitrogens with one attached hydrogen (secondary N) is 1. The van der Waals surface area contributed by atoms with Crippen molar-refractivity contribution in [3.05, 3.63) is 28.2 Å². The van der Waals surface area contributed by atoms with Gasteiger partial charge in [0, 0.05) is 13.1 Å². The summed E-state index contributed by atoms with van der Waals surface area (Å²) in [4.78, 5) is 33.7. The number of esters is 1. The van der Waals surface area contributed by atoms with E-state index in [4.69, 9.17) is 33.7 Å². The van der Waals surface area contributed by atoms with Crippen molar-refractivity contribution in [3.8, 4) is 0 Å². The van der Waals surface area contributed by atoms with Crippen LogP contribution in [0.1, 0.15) is 12.8 Å². The number of ether oxygens (including phenoxy) is 1. The van der Waals surface area contributed by atoms with Crippen LogP contribution >= 0.6 is 23.2 Å². The Hall–Kier alpha value is -1.88. The van der Waals surface area contributed by atoms with Gasteiger partial charge in [0.05, 0.1) is 16.0 Å². The van der Waals surface area contributed by atoms with Gasteiger partial charge >= 0.3 is 12.0 Å². The number of sulfonamides is 1. The number of carbonyl (C=O) groups excluding carboxylic acids is 3. The Bertz CT molecular complexity index is 853. The van der Waals surface area contributed by atoms with Crippen molar-refractivity contribution < 1.29 is 27.5 Å². The molecule has 1 aromatic rings. The highest BCUT2D eigenvalue weighted by molar-refractivity contribution is 7.89. The molecule has 9 nitrogen and oxygen atoms in total. The van der Waals surface area contributed by atoms with Gasteiger partial charge in [0.1, 0.15) is 4.90 Å². The summed E-state index contributed by atoms with van der Waals surface area (Å²) >= 11 is 11.9. The molecule has 0 saturated carbocycles. The van der Waals surface area contributed by atoms with E-state index in [9.17, 15) is 22.8 Å². The molecule has 148 valence electrons. The zero-order valence-corrected chi connectivity index (χ0v) is 16.3. The Morgan fingerprint density at radius 1 is 1.22 bits per heavy atom. The SMILES string of the molecule is NC(=O)NC(=O)COC(=O)C1CCN(S(=O)(=O)c2cccc(Cl)c2Cl)CC1. The number of benzene rings is 1. The maximum atomic E-state index is 12.7. The number of primary amides is 1. The van der Waals surface area contributed by atoms with Gasteiger partial charge in [-0.2, -0.15) is 4.31 Å². The van der Waals surface area contributed by atoms with E-state index in [1.165, 1.54) is 22.5 Å². The lowest BCUT2D eigenvalue weighted by atomic mass is 9.98. The summed E-state index contributed by atoms with van der Waals surface area (Å²) in [6.07, 6.45) is 0.432. The van der Waals surface area contributed by atoms with Gasteiger partial charge in [0.2, 0.25) is 10.0 Å². The number of carbonyl (C=O) groups is 3. The van der Waals surface area contributed by atoms with Crippen molar-refractivity contribution in [1.29, 1.82) is 0 Å². The summed E-state index contributed by atoms with van der Waals surface area (Å²) in [6, 6.07) is 3.29. The third kappa shape index (κ3) is 5.32. The molecule has 2 rings (SSSR count). The topological polar surface area (TPSA) is 136 Å². The third-order valence-corrected chi connectivity index (χ3v) is 6.80. The molecule has 1 saturated heterocycles. The molecule has 0 bridgehead atoms. The molecule has 0 spiro atoms. The van der Waals surface area contributed by atoms with E-state index >= 15 is 0 Å². The Balaban J connectivity index is 1.94. The average molecular weight is 438 g/mol. The number of nitrogens with two attached hydrogens (primary N) is 1. The molecular weight excluding hydrogens is 421 g/mol. The standard InChI is InChI=1S/C15H17Cl2N3O6S/c16-10-2-1-3-11(13(10)17)27(24,25)20-6-4-9(5-7-20)14(22)26-8-12(21)19-15(18)23/h1-3,9H,4-8H2,(H3,18,19,21,23). The average Bonchev–Trinajstić information content (AvgIpc) is 2.61. The predicted molar refractivity (Wildman–Crippen MR) is 96.6 cm³/mol. The van der Waals surface area contributed by atoms with Crippen LogP contribution in [0.5, 0.6) is 0 Å². The number of halogens is 2. The zero-order chi connectivity index (χ0) is 20.2. The van der Waals surface area contributed by atoms with Crippen LogP contribution in [0, 0.1) is 5.92 Å². The lowest BCUT2D eigenvalue weighted by molar-refractivity contribution is -0.153. The van der Waals surface area contributed by atoms with Crippen molar-refractivity contribution in [3.63, 3.8) is 0 Å². The first-order valence-electron chi connectivity index (χ1n) is 7.83. The molecule has 1 aliphatic heterocycles. The first kappa shape index (κ1) is 21.4. The quantitative estimate of drug-likeness (QED) is 0.662. The molecule has 1 aliphatic rings. The Morgan fingerprint density at radius 3 is 2.44 bits per heavy atom. The van der Waals surface area contributed by atoms with Crippen LogP contribution in [0.25, 0.3) is 0 Å². The molecule has 1 heterocycles. The van der Waals surface area contributed by atoms with Crippen molar-refractivity contribution in [2.45, 2.75) is 17.7 Å². The fourth-order valence-electron chi connectivity index (χ4n) is 2.58. The van der Waals surface area contributed by atoms with Gasteiger partial charge < -0.3 is 10.5 Å². The van der Waals surface area contributed by atoms with E-state index < -0.39 is 40.5 Å². The van der Waals surface area contributed by atoms with Crippen LogP contribution in [0.4, 0.5) is 4.79 Å². The Morgan fingerprint density at radius 2 is 1.85 bits per heavy atom. The maximum Gasteiger partial charge on any atom is 0.318 e. The first-order valence-corrected chi connectivity index (χ1v) is 10.0. The summed E-state index contributed by atoms with van der Waals surface area (Å²) in [6.45, 7) is -0.477. The monoisotopic (exact) mass is 437 g/mol. The van der Waals surface area contributed by atoms with Gasteiger partial charge in [-0.1, -0.05) is 29.3 Å².